The van der Waals surface area contributed by atoms with Crippen LogP contribution in [-0.4, -0.2) is 50.7 Å². The molecule has 0 bridgehead atoms. The maximum absolute atomic E-state index is 12.7. The molecule has 0 radical (unpaired) electrons. The van der Waals surface area contributed by atoms with Gasteiger partial charge >= 0.3 is 0 Å². The van der Waals surface area contributed by atoms with Crippen LogP contribution in [-0.2, 0) is 16.0 Å². The van der Waals surface area contributed by atoms with Gasteiger partial charge in [-0.15, -0.1) is 0 Å². The molecule has 1 aliphatic heterocycles. The summed E-state index contributed by atoms with van der Waals surface area (Å²) in [5.41, 5.74) is 0.935. The Kier molecular flexibility index (Phi) is 7.70. The van der Waals surface area contributed by atoms with E-state index < -0.39 is 10.8 Å². The second-order valence-electron chi connectivity index (χ2n) is 7.44. The number of anilines is 1. The summed E-state index contributed by atoms with van der Waals surface area (Å²) in [5.74, 6) is 0.270. The fraction of sp³-hybridized carbons (Fsp3) is 0.391. The molecule has 0 saturated carbocycles. The molecule has 1 N–H and O–H groups in total. The zero-order chi connectivity index (χ0) is 24.0. The molecule has 0 aromatic heterocycles. The van der Waals surface area contributed by atoms with Crippen molar-refractivity contribution in [2.75, 3.05) is 38.8 Å². The summed E-state index contributed by atoms with van der Waals surface area (Å²) in [7, 11) is 2.85. The van der Waals surface area contributed by atoms with Crippen LogP contribution in [0.1, 0.15) is 18.9 Å². The number of methoxy groups -OCH3 is 2. The number of hydrogen-bond acceptors (Lipinski definition) is 7. The van der Waals surface area contributed by atoms with E-state index in [1.807, 2.05) is 19.1 Å². The number of nitro groups is 1. The first kappa shape index (κ1) is 23.8. The number of carbonyl (C=O) groups is 2. The number of benzene rings is 2. The molecule has 10 heteroatoms. The Morgan fingerprint density at radius 2 is 1.88 bits per heavy atom. The molecule has 2 aromatic carbocycles. The average molecular weight is 457 g/mol. The normalized spacial score (nSPS) is 15.3. The van der Waals surface area contributed by atoms with Crippen molar-refractivity contribution in [3.63, 3.8) is 0 Å². The number of para-hydroxylation sites is 2. The molecule has 1 saturated heterocycles. The van der Waals surface area contributed by atoms with E-state index in [2.05, 4.69) is 5.32 Å². The largest absolute Gasteiger partial charge is 0.493 e. The first-order valence-corrected chi connectivity index (χ1v) is 10.6. The van der Waals surface area contributed by atoms with Crippen molar-refractivity contribution in [3.05, 3.63) is 52.1 Å². The molecule has 3 rings (SSSR count). The maximum Gasteiger partial charge on any atom is 0.276 e. The smallest absolute Gasteiger partial charge is 0.276 e. The van der Waals surface area contributed by atoms with Gasteiger partial charge in [-0.3, -0.25) is 19.7 Å². The fourth-order valence-corrected chi connectivity index (χ4v) is 3.82. The third-order valence-corrected chi connectivity index (χ3v) is 5.43. The zero-order valence-corrected chi connectivity index (χ0v) is 18.8. The van der Waals surface area contributed by atoms with Gasteiger partial charge in [0.1, 0.15) is 5.75 Å². The van der Waals surface area contributed by atoms with Crippen LogP contribution in [0, 0.1) is 16.0 Å². The lowest BCUT2D eigenvalue weighted by atomic mass is 10.1. The summed E-state index contributed by atoms with van der Waals surface area (Å²) in [6.45, 7) is 2.74. The lowest BCUT2D eigenvalue weighted by Crippen LogP contribution is -2.34. The van der Waals surface area contributed by atoms with Crippen LogP contribution in [0.15, 0.2) is 36.4 Å². The summed E-state index contributed by atoms with van der Waals surface area (Å²) in [5, 5.41) is 14.2. The Balaban J connectivity index is 1.64. The van der Waals surface area contributed by atoms with Crippen molar-refractivity contribution < 1.29 is 28.7 Å². The first-order chi connectivity index (χ1) is 15.9. The molecule has 1 fully saturated rings. The minimum Gasteiger partial charge on any atom is -0.493 e. The quantitative estimate of drug-likeness (QED) is 0.430. The second-order valence-corrected chi connectivity index (χ2v) is 7.44. The van der Waals surface area contributed by atoms with E-state index >= 15 is 0 Å². The van der Waals surface area contributed by atoms with Crippen LogP contribution in [0.4, 0.5) is 11.4 Å². The topological polar surface area (TPSA) is 120 Å². The van der Waals surface area contributed by atoms with Gasteiger partial charge in [0.25, 0.3) is 5.69 Å². The molecule has 176 valence electrons. The molecular formula is C23H27N3O7. The number of nitrogens with zero attached hydrogens (tertiary/aromatic N) is 2. The minimum atomic E-state index is -0.521. The zero-order valence-electron chi connectivity index (χ0n) is 18.8. The highest BCUT2D eigenvalue weighted by Gasteiger charge is 2.36. The van der Waals surface area contributed by atoms with Crippen LogP contribution >= 0.6 is 0 Å². The predicted octanol–water partition coefficient (Wildman–Crippen LogP) is 2.72. The predicted molar refractivity (Wildman–Crippen MR) is 121 cm³/mol. The maximum atomic E-state index is 12.7. The fourth-order valence-electron chi connectivity index (χ4n) is 3.82. The molecule has 1 heterocycles. The molecule has 1 atom stereocenters. The van der Waals surface area contributed by atoms with E-state index in [1.54, 1.807) is 17.0 Å². The highest BCUT2D eigenvalue weighted by Crippen LogP contribution is 2.35. The third-order valence-electron chi connectivity index (χ3n) is 5.43. The van der Waals surface area contributed by atoms with Crippen molar-refractivity contribution in [3.8, 4) is 17.2 Å². The molecule has 1 aliphatic rings. The molecule has 0 aliphatic carbocycles. The number of nitrogens with one attached hydrogen (secondary N) is 1. The number of carbonyl (C=O) groups excluding carboxylic acids is 2. The lowest BCUT2D eigenvalue weighted by molar-refractivity contribution is -0.385. The molecule has 0 spiro atoms. The summed E-state index contributed by atoms with van der Waals surface area (Å²) in [6, 6.07) is 10.1. The van der Waals surface area contributed by atoms with Gasteiger partial charge in [-0.25, -0.2) is 0 Å². The van der Waals surface area contributed by atoms with E-state index in [0.29, 0.717) is 29.4 Å². The number of rotatable bonds is 10. The molecule has 10 nitrogen and oxygen atoms in total. The van der Waals surface area contributed by atoms with Gasteiger partial charge in [-0.05, 0) is 31.5 Å². The molecule has 2 amide bonds. The second kappa shape index (κ2) is 10.7. The van der Waals surface area contributed by atoms with E-state index in [0.717, 1.165) is 0 Å². The van der Waals surface area contributed by atoms with E-state index in [1.165, 1.54) is 26.4 Å². The van der Waals surface area contributed by atoms with Crippen molar-refractivity contribution in [1.29, 1.82) is 0 Å². The average Bonchev–Trinajstić information content (AvgIpc) is 3.20. The van der Waals surface area contributed by atoms with Crippen molar-refractivity contribution in [2.45, 2.75) is 19.8 Å². The van der Waals surface area contributed by atoms with Crippen LogP contribution in [0.5, 0.6) is 17.2 Å². The van der Waals surface area contributed by atoms with Gasteiger partial charge in [0.05, 0.1) is 43.4 Å². The standard InChI is InChI=1S/C23H27N3O7/c1-4-33-19-8-6-5-7-17(19)25-14-16(12-22(25)27)23(28)24-10-9-15-11-20(31-2)21(32-3)13-18(15)26(29)30/h5-8,11,13,16H,4,9-10,12,14H2,1-3H3,(H,24,28). The Bertz CT molecular complexity index is 1040. The molecular weight excluding hydrogens is 430 g/mol. The van der Waals surface area contributed by atoms with Gasteiger partial charge in [-0.1, -0.05) is 12.1 Å². The Morgan fingerprint density at radius 3 is 2.55 bits per heavy atom. The van der Waals surface area contributed by atoms with Gasteiger partial charge in [0.15, 0.2) is 11.5 Å². The highest BCUT2D eigenvalue weighted by atomic mass is 16.6. The third kappa shape index (κ3) is 5.33. The summed E-state index contributed by atoms with van der Waals surface area (Å²) >= 11 is 0. The molecule has 33 heavy (non-hydrogen) atoms. The first-order valence-electron chi connectivity index (χ1n) is 10.6. The summed E-state index contributed by atoms with van der Waals surface area (Å²) < 4.78 is 16.0. The lowest BCUT2D eigenvalue weighted by Gasteiger charge is -2.20. The summed E-state index contributed by atoms with van der Waals surface area (Å²) in [6.07, 6.45) is 0.308. The molecule has 2 aromatic rings. The monoisotopic (exact) mass is 457 g/mol. The van der Waals surface area contributed by atoms with Crippen LogP contribution < -0.4 is 24.4 Å². The summed E-state index contributed by atoms with van der Waals surface area (Å²) in [4.78, 5) is 37.8. The Morgan fingerprint density at radius 1 is 1.18 bits per heavy atom. The SMILES string of the molecule is CCOc1ccccc1N1CC(C(=O)NCCc2cc(OC)c(OC)cc2[N+](=O)[O-])CC1=O. The van der Waals surface area contributed by atoms with Crippen LogP contribution in [0.3, 0.4) is 0 Å². The minimum absolute atomic E-state index is 0.0861. The van der Waals surface area contributed by atoms with E-state index in [9.17, 15) is 19.7 Å². The van der Waals surface area contributed by atoms with E-state index in [-0.39, 0.29) is 49.2 Å². The number of ether oxygens (including phenoxy) is 3. The Labute approximate surface area is 191 Å². The van der Waals surface area contributed by atoms with E-state index in [4.69, 9.17) is 14.2 Å². The highest BCUT2D eigenvalue weighted by molar-refractivity contribution is 6.01. The van der Waals surface area contributed by atoms with Gasteiger partial charge in [-0.2, -0.15) is 0 Å². The van der Waals surface area contributed by atoms with Crippen LogP contribution in [0.25, 0.3) is 0 Å². The van der Waals surface area contributed by atoms with Gasteiger partial charge < -0.3 is 24.4 Å². The Hall–Kier alpha value is -3.82. The number of hydrogen-bond donors (Lipinski definition) is 1. The molecule has 1 unspecified atom stereocenters. The van der Waals surface area contributed by atoms with Crippen molar-refractivity contribution in [1.82, 2.24) is 5.32 Å². The number of nitro benzene ring substituents is 1. The van der Waals surface area contributed by atoms with Crippen LogP contribution in [0.2, 0.25) is 0 Å². The van der Waals surface area contributed by atoms with Gasteiger partial charge in [0, 0.05) is 25.1 Å². The number of amides is 2. The van der Waals surface area contributed by atoms with Gasteiger partial charge in [0.2, 0.25) is 11.8 Å². The van der Waals surface area contributed by atoms with Crippen molar-refractivity contribution >= 4 is 23.2 Å². The van der Waals surface area contributed by atoms with Crippen molar-refractivity contribution in [2.24, 2.45) is 5.92 Å².